The second-order valence-electron chi connectivity index (χ2n) is 4.68. The third-order valence-corrected chi connectivity index (χ3v) is 3.16. The van der Waals surface area contributed by atoms with E-state index in [9.17, 15) is 10.1 Å². The smallest absolute Gasteiger partial charge is 0.332 e. The first kappa shape index (κ1) is 13.5. The van der Waals surface area contributed by atoms with Gasteiger partial charge in [0.1, 0.15) is 5.69 Å². The lowest BCUT2D eigenvalue weighted by molar-refractivity contribution is -0.385. The first-order valence-electron chi connectivity index (χ1n) is 6.65. The van der Waals surface area contributed by atoms with Crippen molar-refractivity contribution in [2.75, 3.05) is 29.9 Å². The molecule has 0 aliphatic carbocycles. The number of aryl methyl sites for hydroxylation is 1. The Morgan fingerprint density at radius 2 is 2.05 bits per heavy atom. The maximum atomic E-state index is 11.2. The molecule has 0 atom stereocenters. The van der Waals surface area contributed by atoms with Crippen LogP contribution in [0.4, 0.5) is 17.5 Å². The van der Waals surface area contributed by atoms with Crippen molar-refractivity contribution in [2.24, 2.45) is 0 Å². The molecule has 1 aliphatic rings. The van der Waals surface area contributed by atoms with Crippen molar-refractivity contribution in [3.63, 3.8) is 0 Å². The number of aromatic nitrogens is 2. The molecule has 1 aliphatic heterocycles. The molecule has 19 heavy (non-hydrogen) atoms. The van der Waals surface area contributed by atoms with Crippen molar-refractivity contribution < 1.29 is 4.92 Å². The van der Waals surface area contributed by atoms with Crippen LogP contribution in [0.1, 0.15) is 31.9 Å². The summed E-state index contributed by atoms with van der Waals surface area (Å²) >= 11 is 0. The summed E-state index contributed by atoms with van der Waals surface area (Å²) in [5, 5.41) is 14.3. The fraction of sp³-hybridized carbons (Fsp3) is 0.667. The van der Waals surface area contributed by atoms with E-state index in [1.165, 1.54) is 0 Å². The molecule has 1 N–H and O–H groups in total. The molecule has 1 saturated heterocycles. The van der Waals surface area contributed by atoms with Crippen molar-refractivity contribution in [1.29, 1.82) is 0 Å². The maximum Gasteiger partial charge on any atom is 0.332 e. The molecule has 2 heterocycles. The molecule has 0 bridgehead atoms. The largest absolute Gasteiger partial charge is 0.354 e. The lowest BCUT2D eigenvalue weighted by Gasteiger charge is -2.17. The van der Waals surface area contributed by atoms with E-state index in [-0.39, 0.29) is 10.6 Å². The Labute approximate surface area is 112 Å². The molecule has 1 aromatic heterocycles. The Bertz CT molecular complexity index is 471. The highest BCUT2D eigenvalue weighted by Crippen LogP contribution is 2.31. The molecule has 1 aromatic rings. The summed E-state index contributed by atoms with van der Waals surface area (Å²) in [5.41, 5.74) is 0.449. The molecule has 0 aromatic carbocycles. The van der Waals surface area contributed by atoms with Gasteiger partial charge in [0.15, 0.2) is 0 Å². The third-order valence-electron chi connectivity index (χ3n) is 3.16. The van der Waals surface area contributed by atoms with Crippen LogP contribution in [0.5, 0.6) is 0 Å². The normalized spacial score (nSPS) is 14.7. The van der Waals surface area contributed by atoms with E-state index >= 15 is 0 Å². The summed E-state index contributed by atoms with van der Waals surface area (Å²) in [6, 6.07) is 0. The van der Waals surface area contributed by atoms with Crippen LogP contribution in [-0.2, 0) is 0 Å². The second kappa shape index (κ2) is 5.81. The fourth-order valence-corrected chi connectivity index (χ4v) is 2.23. The van der Waals surface area contributed by atoms with E-state index in [1.54, 1.807) is 6.92 Å². The first-order valence-corrected chi connectivity index (χ1v) is 6.65. The number of rotatable bonds is 5. The van der Waals surface area contributed by atoms with Crippen LogP contribution < -0.4 is 10.2 Å². The van der Waals surface area contributed by atoms with Crippen LogP contribution in [0.2, 0.25) is 0 Å². The standard InChI is InChI=1S/C12H19N5O2/c1-3-6-13-12-14-9(2)10(17(18)19)11(15-12)16-7-4-5-8-16/h3-8H2,1-2H3,(H,13,14,15). The van der Waals surface area contributed by atoms with E-state index in [2.05, 4.69) is 15.3 Å². The zero-order valence-electron chi connectivity index (χ0n) is 11.3. The van der Waals surface area contributed by atoms with Crippen LogP contribution in [0.25, 0.3) is 0 Å². The van der Waals surface area contributed by atoms with Gasteiger partial charge in [-0.05, 0) is 26.2 Å². The number of nitro groups is 1. The topological polar surface area (TPSA) is 84.2 Å². The van der Waals surface area contributed by atoms with Gasteiger partial charge in [0.2, 0.25) is 11.8 Å². The van der Waals surface area contributed by atoms with Crippen molar-refractivity contribution in [2.45, 2.75) is 33.1 Å². The second-order valence-corrected chi connectivity index (χ2v) is 4.68. The number of nitrogens with zero attached hydrogens (tertiary/aromatic N) is 4. The van der Waals surface area contributed by atoms with E-state index in [0.717, 1.165) is 38.9 Å². The minimum atomic E-state index is -0.382. The number of hydrogen-bond donors (Lipinski definition) is 1. The van der Waals surface area contributed by atoms with Crippen LogP contribution in [0.15, 0.2) is 0 Å². The minimum Gasteiger partial charge on any atom is -0.354 e. The van der Waals surface area contributed by atoms with Crippen LogP contribution in [0.3, 0.4) is 0 Å². The summed E-state index contributed by atoms with van der Waals surface area (Å²) in [6.07, 6.45) is 3.06. The average Bonchev–Trinajstić information content (AvgIpc) is 2.88. The third kappa shape index (κ3) is 2.91. The van der Waals surface area contributed by atoms with Gasteiger partial charge < -0.3 is 10.2 Å². The zero-order valence-corrected chi connectivity index (χ0v) is 11.3. The molecule has 0 saturated carbocycles. The summed E-state index contributed by atoms with van der Waals surface area (Å²) in [4.78, 5) is 21.3. The molecule has 104 valence electrons. The quantitative estimate of drug-likeness (QED) is 0.648. The minimum absolute atomic E-state index is 0.0314. The van der Waals surface area contributed by atoms with Gasteiger partial charge in [-0.3, -0.25) is 10.1 Å². The van der Waals surface area contributed by atoms with Crippen LogP contribution in [0, 0.1) is 17.0 Å². The first-order chi connectivity index (χ1) is 9.13. The highest BCUT2D eigenvalue weighted by molar-refractivity contribution is 5.62. The van der Waals surface area contributed by atoms with Crippen LogP contribution >= 0.6 is 0 Å². The van der Waals surface area contributed by atoms with Crippen molar-refractivity contribution in [3.8, 4) is 0 Å². The molecule has 0 spiro atoms. The molecular weight excluding hydrogens is 246 g/mol. The summed E-state index contributed by atoms with van der Waals surface area (Å²) in [6.45, 7) is 6.12. The van der Waals surface area contributed by atoms with Gasteiger partial charge in [0.05, 0.1) is 4.92 Å². The van der Waals surface area contributed by atoms with E-state index in [1.807, 2.05) is 11.8 Å². The van der Waals surface area contributed by atoms with E-state index in [4.69, 9.17) is 0 Å². The Hall–Kier alpha value is -1.92. The molecule has 0 radical (unpaired) electrons. The molecule has 1 fully saturated rings. The Morgan fingerprint density at radius 3 is 2.63 bits per heavy atom. The average molecular weight is 265 g/mol. The van der Waals surface area contributed by atoms with Gasteiger partial charge in [0.25, 0.3) is 0 Å². The maximum absolute atomic E-state index is 11.2. The van der Waals surface area contributed by atoms with Gasteiger partial charge in [-0.2, -0.15) is 4.98 Å². The predicted octanol–water partition coefficient (Wildman–Crippen LogP) is 2.12. The van der Waals surface area contributed by atoms with Crippen molar-refractivity contribution in [3.05, 3.63) is 15.8 Å². The lowest BCUT2D eigenvalue weighted by atomic mass is 10.3. The number of hydrogen-bond acceptors (Lipinski definition) is 6. The molecule has 7 heteroatoms. The molecule has 0 amide bonds. The lowest BCUT2D eigenvalue weighted by Crippen LogP contribution is -2.22. The van der Waals surface area contributed by atoms with Gasteiger partial charge in [-0.1, -0.05) is 6.92 Å². The number of nitrogens with one attached hydrogen (secondary N) is 1. The molecule has 7 nitrogen and oxygen atoms in total. The molecular formula is C12H19N5O2. The summed E-state index contributed by atoms with van der Waals surface area (Å²) in [5.74, 6) is 0.931. The monoisotopic (exact) mass is 265 g/mol. The highest BCUT2D eigenvalue weighted by atomic mass is 16.6. The van der Waals surface area contributed by atoms with Gasteiger partial charge in [0, 0.05) is 19.6 Å². The fourth-order valence-electron chi connectivity index (χ4n) is 2.23. The Morgan fingerprint density at radius 1 is 1.37 bits per heavy atom. The van der Waals surface area contributed by atoms with Gasteiger partial charge >= 0.3 is 5.69 Å². The van der Waals surface area contributed by atoms with E-state index in [0.29, 0.717) is 17.5 Å². The van der Waals surface area contributed by atoms with Crippen molar-refractivity contribution in [1.82, 2.24) is 9.97 Å². The SMILES string of the molecule is CCCNc1nc(C)c([N+](=O)[O-])c(N2CCCC2)n1. The number of anilines is 2. The van der Waals surface area contributed by atoms with Gasteiger partial charge in [-0.15, -0.1) is 0 Å². The Balaban J connectivity index is 2.39. The molecule has 2 rings (SSSR count). The summed E-state index contributed by atoms with van der Waals surface area (Å²) < 4.78 is 0. The predicted molar refractivity (Wildman–Crippen MR) is 73.7 cm³/mol. The van der Waals surface area contributed by atoms with Gasteiger partial charge in [-0.25, -0.2) is 4.98 Å². The summed E-state index contributed by atoms with van der Waals surface area (Å²) in [7, 11) is 0. The van der Waals surface area contributed by atoms with Crippen molar-refractivity contribution >= 4 is 17.5 Å². The molecule has 0 unspecified atom stereocenters. The van der Waals surface area contributed by atoms with Crippen LogP contribution in [-0.4, -0.2) is 34.5 Å². The zero-order chi connectivity index (χ0) is 13.8. The highest BCUT2D eigenvalue weighted by Gasteiger charge is 2.27. The van der Waals surface area contributed by atoms with E-state index < -0.39 is 0 Å². The Kier molecular flexibility index (Phi) is 4.13.